The number of aromatic nitrogens is 2. The molecule has 0 radical (unpaired) electrons. The molecule has 1 aromatic heterocycles. The van der Waals surface area contributed by atoms with E-state index < -0.39 is 0 Å². The van der Waals surface area contributed by atoms with E-state index in [1.165, 1.54) is 0 Å². The molecular weight excluding hydrogens is 352 g/mol. The van der Waals surface area contributed by atoms with E-state index >= 15 is 0 Å². The van der Waals surface area contributed by atoms with Crippen molar-refractivity contribution in [3.63, 3.8) is 0 Å². The Morgan fingerprint density at radius 1 is 0.929 bits per heavy atom. The average Bonchev–Trinajstić information content (AvgIpc) is 2.62. The molecule has 0 aliphatic rings. The number of para-hydroxylation sites is 1. The Bertz CT molecular complexity index is 949. The molecule has 2 N–H and O–H groups in total. The van der Waals surface area contributed by atoms with Crippen LogP contribution in [0.25, 0.3) is 0 Å². The number of aryl methyl sites for hydroxylation is 1. The molecule has 28 heavy (non-hydrogen) atoms. The molecule has 0 saturated heterocycles. The molecule has 0 aliphatic heterocycles. The van der Waals surface area contributed by atoms with Crippen molar-refractivity contribution < 1.29 is 9.53 Å². The minimum atomic E-state index is -0.292. The molecule has 0 spiro atoms. The highest BCUT2D eigenvalue weighted by molar-refractivity contribution is 6.03. The summed E-state index contributed by atoms with van der Waals surface area (Å²) in [5.74, 6) is 1.59. The Balaban J connectivity index is 1.69. The summed E-state index contributed by atoms with van der Waals surface area (Å²) in [6.07, 6.45) is 0. The monoisotopic (exact) mass is 376 g/mol. The molecular formula is C22H24N4O2. The van der Waals surface area contributed by atoms with Gasteiger partial charge < -0.3 is 15.4 Å². The second kappa shape index (κ2) is 8.08. The molecule has 0 fully saturated rings. The first-order valence-corrected chi connectivity index (χ1v) is 9.07. The van der Waals surface area contributed by atoms with E-state index in [-0.39, 0.29) is 11.4 Å². The number of ether oxygens (including phenoxy) is 1. The maximum absolute atomic E-state index is 12.6. The highest BCUT2D eigenvalue weighted by Crippen LogP contribution is 2.23. The predicted octanol–water partition coefficient (Wildman–Crippen LogP) is 5.04. The molecule has 3 aromatic rings. The molecule has 0 unspecified atom stereocenters. The largest absolute Gasteiger partial charge is 0.457 e. The fraction of sp³-hybridized carbons (Fsp3) is 0.227. The molecule has 1 heterocycles. The van der Waals surface area contributed by atoms with Crippen LogP contribution in [0.3, 0.4) is 0 Å². The maximum atomic E-state index is 12.6. The third-order valence-electron chi connectivity index (χ3n) is 3.66. The second-order valence-electron chi connectivity index (χ2n) is 7.49. The number of benzene rings is 2. The van der Waals surface area contributed by atoms with Gasteiger partial charge in [-0.05, 0) is 70.2 Å². The fourth-order valence-electron chi connectivity index (χ4n) is 2.50. The maximum Gasteiger partial charge on any atom is 0.274 e. The number of rotatable bonds is 5. The average molecular weight is 376 g/mol. The van der Waals surface area contributed by atoms with Gasteiger partial charge in [-0.15, -0.1) is 0 Å². The Labute approximate surface area is 165 Å². The van der Waals surface area contributed by atoms with Crippen molar-refractivity contribution in [2.24, 2.45) is 0 Å². The quantitative estimate of drug-likeness (QED) is 0.652. The lowest BCUT2D eigenvalue weighted by molar-refractivity contribution is 0.102. The van der Waals surface area contributed by atoms with Crippen molar-refractivity contribution >= 4 is 17.5 Å². The smallest absolute Gasteiger partial charge is 0.274 e. The van der Waals surface area contributed by atoms with Crippen molar-refractivity contribution in [1.82, 2.24) is 9.97 Å². The van der Waals surface area contributed by atoms with Crippen LogP contribution in [-0.4, -0.2) is 21.4 Å². The highest BCUT2D eigenvalue weighted by atomic mass is 16.5. The van der Waals surface area contributed by atoms with Gasteiger partial charge in [-0.25, -0.2) is 9.97 Å². The zero-order valence-electron chi connectivity index (χ0n) is 16.5. The van der Waals surface area contributed by atoms with Gasteiger partial charge in [0.05, 0.1) is 0 Å². The van der Waals surface area contributed by atoms with Crippen LogP contribution < -0.4 is 15.4 Å². The van der Waals surface area contributed by atoms with Crippen LogP contribution in [0.5, 0.6) is 11.5 Å². The van der Waals surface area contributed by atoms with Crippen LogP contribution >= 0.6 is 0 Å². The zero-order valence-corrected chi connectivity index (χ0v) is 16.5. The minimum Gasteiger partial charge on any atom is -0.457 e. The van der Waals surface area contributed by atoms with E-state index in [1.54, 1.807) is 30.3 Å². The van der Waals surface area contributed by atoms with E-state index in [4.69, 9.17) is 4.74 Å². The van der Waals surface area contributed by atoms with Gasteiger partial charge in [0, 0.05) is 16.9 Å². The Morgan fingerprint density at radius 2 is 1.57 bits per heavy atom. The molecule has 0 atom stereocenters. The molecule has 1 amide bonds. The van der Waals surface area contributed by atoms with Gasteiger partial charge in [0.2, 0.25) is 5.95 Å². The normalized spacial score (nSPS) is 11.0. The van der Waals surface area contributed by atoms with Crippen molar-refractivity contribution in [3.05, 3.63) is 72.1 Å². The van der Waals surface area contributed by atoms with E-state index in [0.717, 1.165) is 11.4 Å². The van der Waals surface area contributed by atoms with Crippen LogP contribution in [0.2, 0.25) is 0 Å². The number of hydrogen-bond donors (Lipinski definition) is 2. The first-order chi connectivity index (χ1) is 13.3. The van der Waals surface area contributed by atoms with Gasteiger partial charge in [-0.3, -0.25) is 4.79 Å². The van der Waals surface area contributed by atoms with E-state index in [9.17, 15) is 4.79 Å². The van der Waals surface area contributed by atoms with Crippen molar-refractivity contribution in [2.45, 2.75) is 33.2 Å². The summed E-state index contributed by atoms with van der Waals surface area (Å²) in [5, 5.41) is 6.05. The second-order valence-corrected chi connectivity index (χ2v) is 7.49. The number of carbonyl (C=O) groups is 1. The number of nitrogens with one attached hydrogen (secondary N) is 2. The molecule has 6 nitrogen and oxygen atoms in total. The SMILES string of the molecule is Cc1cc(C(=O)Nc2ccc(Oc3ccccc3)cc2)nc(NC(C)(C)C)n1. The first kappa shape index (κ1) is 19.4. The van der Waals surface area contributed by atoms with E-state index in [0.29, 0.717) is 23.1 Å². The third kappa shape index (κ3) is 5.54. The van der Waals surface area contributed by atoms with Crippen LogP contribution in [0.4, 0.5) is 11.6 Å². The Morgan fingerprint density at radius 3 is 2.21 bits per heavy atom. The lowest BCUT2D eigenvalue weighted by atomic mass is 10.1. The number of amides is 1. The Hall–Kier alpha value is -3.41. The lowest BCUT2D eigenvalue weighted by Crippen LogP contribution is -2.28. The van der Waals surface area contributed by atoms with E-state index in [1.807, 2.05) is 58.0 Å². The molecule has 6 heteroatoms. The standard InChI is InChI=1S/C22H24N4O2/c1-15-14-19(25-21(23-15)26-22(2,3)4)20(27)24-16-10-12-18(13-11-16)28-17-8-6-5-7-9-17/h5-14H,1-4H3,(H,24,27)(H,23,25,26). The molecule has 2 aromatic carbocycles. The van der Waals surface area contributed by atoms with Gasteiger partial charge in [0.25, 0.3) is 5.91 Å². The molecule has 0 saturated carbocycles. The first-order valence-electron chi connectivity index (χ1n) is 9.07. The summed E-state index contributed by atoms with van der Waals surface area (Å²) in [6, 6.07) is 18.4. The molecule has 3 rings (SSSR count). The molecule has 0 aliphatic carbocycles. The van der Waals surface area contributed by atoms with Crippen LogP contribution in [0, 0.1) is 6.92 Å². The van der Waals surface area contributed by atoms with Crippen molar-refractivity contribution in [1.29, 1.82) is 0 Å². The molecule has 0 bridgehead atoms. The van der Waals surface area contributed by atoms with Gasteiger partial charge in [0.15, 0.2) is 0 Å². The topological polar surface area (TPSA) is 76.1 Å². The number of carbonyl (C=O) groups excluding carboxylic acids is 1. The zero-order chi connectivity index (χ0) is 20.1. The summed E-state index contributed by atoms with van der Waals surface area (Å²) in [6.45, 7) is 7.87. The third-order valence-corrected chi connectivity index (χ3v) is 3.66. The lowest BCUT2D eigenvalue weighted by Gasteiger charge is -2.20. The van der Waals surface area contributed by atoms with Crippen LogP contribution in [0.15, 0.2) is 60.7 Å². The number of anilines is 2. The van der Waals surface area contributed by atoms with Crippen molar-refractivity contribution in [3.8, 4) is 11.5 Å². The molecule has 144 valence electrons. The summed E-state index contributed by atoms with van der Waals surface area (Å²) in [5.41, 5.74) is 1.49. The van der Waals surface area contributed by atoms with Gasteiger partial charge in [-0.2, -0.15) is 0 Å². The number of nitrogens with zero attached hydrogens (tertiary/aromatic N) is 2. The minimum absolute atomic E-state index is 0.198. The van der Waals surface area contributed by atoms with Crippen LogP contribution in [0.1, 0.15) is 37.0 Å². The van der Waals surface area contributed by atoms with Gasteiger partial charge >= 0.3 is 0 Å². The van der Waals surface area contributed by atoms with Crippen LogP contribution in [-0.2, 0) is 0 Å². The number of hydrogen-bond acceptors (Lipinski definition) is 5. The summed E-state index contributed by atoms with van der Waals surface area (Å²) >= 11 is 0. The summed E-state index contributed by atoms with van der Waals surface area (Å²) in [7, 11) is 0. The van der Waals surface area contributed by atoms with Crippen molar-refractivity contribution in [2.75, 3.05) is 10.6 Å². The Kier molecular flexibility index (Phi) is 5.59. The highest BCUT2D eigenvalue weighted by Gasteiger charge is 2.15. The summed E-state index contributed by atoms with van der Waals surface area (Å²) < 4.78 is 5.76. The summed E-state index contributed by atoms with van der Waals surface area (Å²) in [4.78, 5) is 21.3. The van der Waals surface area contributed by atoms with Gasteiger partial charge in [0.1, 0.15) is 17.2 Å². The van der Waals surface area contributed by atoms with Gasteiger partial charge in [-0.1, -0.05) is 18.2 Å². The predicted molar refractivity (Wildman–Crippen MR) is 111 cm³/mol. The fourth-order valence-corrected chi connectivity index (χ4v) is 2.50. The van der Waals surface area contributed by atoms with E-state index in [2.05, 4.69) is 20.6 Å².